The van der Waals surface area contributed by atoms with Gasteiger partial charge in [0.1, 0.15) is 16.7 Å². The van der Waals surface area contributed by atoms with E-state index in [1.807, 2.05) is 0 Å². The number of hydrogen-bond donors (Lipinski definition) is 4. The van der Waals surface area contributed by atoms with Gasteiger partial charge in [-0.25, -0.2) is 14.4 Å². The fourth-order valence-electron chi connectivity index (χ4n) is 2.88. The van der Waals surface area contributed by atoms with Crippen LogP contribution in [0.2, 0.25) is 0 Å². The van der Waals surface area contributed by atoms with E-state index < -0.39 is 40.5 Å². The van der Waals surface area contributed by atoms with Crippen molar-refractivity contribution in [2.24, 2.45) is 5.73 Å². The Morgan fingerprint density at radius 1 is 1.35 bits per heavy atom. The molecule has 14 heteroatoms. The quantitative estimate of drug-likeness (QED) is 0.301. The maximum atomic E-state index is 15.1. The number of nitrogens with two attached hydrogens (primary N) is 2. The number of ether oxygens (including phenoxy) is 1. The molecule has 0 spiro atoms. The van der Waals surface area contributed by atoms with E-state index in [-0.39, 0.29) is 28.5 Å². The highest BCUT2D eigenvalue weighted by molar-refractivity contribution is 6.68. The standard InChI is InChI=1S/C20H18ClF4N7O2/c1-8(26)15(16(21)27)31-19(33)11-5-12(22)10(6-14(11)34-9(2)20(23,24)25)13-7-32-4-3-29-18(32)17(28)30-13/h3-7,9,27H,26H2,1-2H3,(H2,28,30)(H,31,33)/b15-8-,27-16?/t9-/m0/s1. The van der Waals surface area contributed by atoms with Crippen LogP contribution in [0, 0.1) is 11.2 Å². The first-order valence-electron chi connectivity index (χ1n) is 9.48. The van der Waals surface area contributed by atoms with Crippen LogP contribution >= 0.6 is 11.6 Å². The number of alkyl halides is 3. The number of carbonyl (C=O) groups is 1. The fourth-order valence-corrected chi connectivity index (χ4v) is 3.07. The van der Waals surface area contributed by atoms with E-state index in [0.29, 0.717) is 11.7 Å². The predicted molar refractivity (Wildman–Crippen MR) is 117 cm³/mol. The molecule has 3 rings (SSSR count). The molecular formula is C20H18ClF4N7O2. The van der Waals surface area contributed by atoms with Crippen LogP contribution in [0.15, 0.2) is 42.1 Å². The maximum absolute atomic E-state index is 15.1. The lowest BCUT2D eigenvalue weighted by atomic mass is 10.1. The van der Waals surface area contributed by atoms with E-state index >= 15 is 4.39 Å². The second kappa shape index (κ2) is 9.17. The number of nitrogen functional groups attached to an aromatic ring is 1. The monoisotopic (exact) mass is 499 g/mol. The second-order valence-electron chi connectivity index (χ2n) is 7.13. The van der Waals surface area contributed by atoms with Crippen molar-refractivity contribution in [3.63, 3.8) is 0 Å². The lowest BCUT2D eigenvalue weighted by Crippen LogP contribution is -2.33. The van der Waals surface area contributed by atoms with Gasteiger partial charge in [-0.1, -0.05) is 11.6 Å². The van der Waals surface area contributed by atoms with Gasteiger partial charge in [0, 0.05) is 29.9 Å². The van der Waals surface area contributed by atoms with Gasteiger partial charge < -0.3 is 25.9 Å². The van der Waals surface area contributed by atoms with E-state index in [4.69, 9.17) is 33.2 Å². The third kappa shape index (κ3) is 5.03. The second-order valence-corrected chi connectivity index (χ2v) is 7.50. The summed E-state index contributed by atoms with van der Waals surface area (Å²) in [5, 5.41) is 9.03. The lowest BCUT2D eigenvalue weighted by Gasteiger charge is -2.21. The van der Waals surface area contributed by atoms with Crippen molar-refractivity contribution in [2.45, 2.75) is 26.1 Å². The zero-order valence-corrected chi connectivity index (χ0v) is 18.4. The Labute approximate surface area is 194 Å². The molecule has 1 amide bonds. The number of nitrogens with zero attached hydrogens (tertiary/aromatic N) is 3. The highest BCUT2D eigenvalue weighted by Crippen LogP contribution is 2.33. The number of benzene rings is 1. The number of nitrogens with one attached hydrogen (secondary N) is 2. The number of halogens is 5. The molecule has 180 valence electrons. The van der Waals surface area contributed by atoms with Crippen molar-refractivity contribution in [2.75, 3.05) is 5.73 Å². The first-order valence-corrected chi connectivity index (χ1v) is 9.86. The van der Waals surface area contributed by atoms with Crippen LogP contribution in [0.3, 0.4) is 0 Å². The van der Waals surface area contributed by atoms with Gasteiger partial charge in [0.05, 0.1) is 17.0 Å². The van der Waals surface area contributed by atoms with Gasteiger partial charge in [-0.2, -0.15) is 13.2 Å². The van der Waals surface area contributed by atoms with Gasteiger partial charge in [0.25, 0.3) is 5.91 Å². The summed E-state index contributed by atoms with van der Waals surface area (Å²) in [4.78, 5) is 20.8. The summed E-state index contributed by atoms with van der Waals surface area (Å²) in [7, 11) is 0. The highest BCUT2D eigenvalue weighted by Gasteiger charge is 2.39. The molecule has 2 aromatic heterocycles. The van der Waals surface area contributed by atoms with Gasteiger partial charge in [-0.15, -0.1) is 0 Å². The Hall–Kier alpha value is -3.87. The lowest BCUT2D eigenvalue weighted by molar-refractivity contribution is -0.189. The molecule has 2 heterocycles. The Balaban J connectivity index is 2.15. The highest BCUT2D eigenvalue weighted by atomic mass is 35.5. The molecule has 0 saturated carbocycles. The molecule has 34 heavy (non-hydrogen) atoms. The molecule has 0 unspecified atom stereocenters. The SMILES string of the molecule is C/C(N)=C(/NC(=O)c1cc(F)c(-c2cn3ccnc3c(N)n2)cc1O[C@@H](C)C(F)(F)F)C(=N)Cl. The third-order valence-corrected chi connectivity index (χ3v) is 4.80. The molecule has 0 saturated heterocycles. The summed E-state index contributed by atoms with van der Waals surface area (Å²) in [6, 6.07) is 1.59. The number of allylic oxidation sites excluding steroid dienone is 2. The minimum atomic E-state index is -4.78. The normalized spacial score (nSPS) is 13.4. The molecule has 0 aliphatic rings. The summed E-state index contributed by atoms with van der Waals surface area (Å²) < 4.78 is 61.1. The molecule has 1 aromatic carbocycles. The zero-order valence-electron chi connectivity index (χ0n) is 17.7. The number of anilines is 1. The van der Waals surface area contributed by atoms with E-state index in [9.17, 15) is 18.0 Å². The molecule has 9 nitrogen and oxygen atoms in total. The Kier molecular flexibility index (Phi) is 6.68. The average Bonchev–Trinajstić information content (AvgIpc) is 3.20. The smallest absolute Gasteiger partial charge is 0.425 e. The largest absolute Gasteiger partial charge is 0.480 e. The predicted octanol–water partition coefficient (Wildman–Crippen LogP) is 3.58. The van der Waals surface area contributed by atoms with Crippen molar-refractivity contribution in [1.82, 2.24) is 19.7 Å². The van der Waals surface area contributed by atoms with Crippen LogP contribution in [0.5, 0.6) is 5.75 Å². The van der Waals surface area contributed by atoms with Crippen LogP contribution in [0.1, 0.15) is 24.2 Å². The molecule has 0 aliphatic carbocycles. The van der Waals surface area contributed by atoms with Crippen molar-refractivity contribution < 1.29 is 27.1 Å². The van der Waals surface area contributed by atoms with Gasteiger partial charge >= 0.3 is 6.18 Å². The Morgan fingerprint density at radius 2 is 2.03 bits per heavy atom. The van der Waals surface area contributed by atoms with Crippen LogP contribution in [0.25, 0.3) is 16.9 Å². The summed E-state index contributed by atoms with van der Waals surface area (Å²) in [6.45, 7) is 2.06. The van der Waals surface area contributed by atoms with Crippen molar-refractivity contribution in [3.8, 4) is 17.0 Å². The summed E-state index contributed by atoms with van der Waals surface area (Å²) in [6.07, 6.45) is -2.81. The number of amides is 1. The number of fused-ring (bicyclic) bond motifs is 1. The van der Waals surface area contributed by atoms with E-state index in [2.05, 4.69) is 15.3 Å². The molecule has 0 bridgehead atoms. The van der Waals surface area contributed by atoms with Crippen LogP contribution < -0.4 is 21.5 Å². The maximum Gasteiger partial charge on any atom is 0.425 e. The Bertz CT molecular complexity index is 1320. The van der Waals surface area contributed by atoms with Gasteiger partial charge in [0.2, 0.25) is 0 Å². The molecule has 3 aromatic rings. The first-order chi connectivity index (χ1) is 15.8. The van der Waals surface area contributed by atoms with Crippen LogP contribution in [-0.4, -0.2) is 37.7 Å². The van der Waals surface area contributed by atoms with Crippen LogP contribution in [-0.2, 0) is 0 Å². The van der Waals surface area contributed by atoms with Gasteiger partial charge in [-0.3, -0.25) is 10.2 Å². The fraction of sp³-hybridized carbons (Fsp3) is 0.200. The molecule has 0 radical (unpaired) electrons. The third-order valence-electron chi connectivity index (χ3n) is 4.61. The van der Waals surface area contributed by atoms with E-state index in [0.717, 1.165) is 13.0 Å². The van der Waals surface area contributed by atoms with Gasteiger partial charge in [0.15, 0.2) is 17.6 Å². The first kappa shape index (κ1) is 24.8. The molecule has 0 fully saturated rings. The summed E-state index contributed by atoms with van der Waals surface area (Å²) in [5.41, 5.74) is 10.5. The van der Waals surface area contributed by atoms with Crippen molar-refractivity contribution >= 4 is 34.1 Å². The number of rotatable bonds is 6. The molecule has 1 atom stereocenters. The van der Waals surface area contributed by atoms with Crippen molar-refractivity contribution in [1.29, 1.82) is 5.41 Å². The average molecular weight is 500 g/mol. The topological polar surface area (TPSA) is 144 Å². The van der Waals surface area contributed by atoms with Crippen LogP contribution in [0.4, 0.5) is 23.4 Å². The van der Waals surface area contributed by atoms with Crippen molar-refractivity contribution in [3.05, 3.63) is 53.5 Å². The zero-order chi connectivity index (χ0) is 25.4. The minimum Gasteiger partial charge on any atom is -0.480 e. The Morgan fingerprint density at radius 3 is 2.62 bits per heavy atom. The van der Waals surface area contributed by atoms with E-state index in [1.165, 1.54) is 29.9 Å². The number of carbonyl (C=O) groups excluding carboxylic acids is 1. The van der Waals surface area contributed by atoms with Gasteiger partial charge in [-0.05, 0) is 26.0 Å². The summed E-state index contributed by atoms with van der Waals surface area (Å²) in [5.74, 6) is -2.75. The molecule has 6 N–H and O–H groups in total. The summed E-state index contributed by atoms with van der Waals surface area (Å²) >= 11 is 5.59. The van der Waals surface area contributed by atoms with E-state index in [1.54, 1.807) is 0 Å². The molecule has 0 aliphatic heterocycles. The number of hydrogen-bond acceptors (Lipinski definition) is 7. The number of aromatic nitrogens is 3. The minimum absolute atomic E-state index is 0.0436. The molecular weight excluding hydrogens is 482 g/mol. The number of imidazole rings is 1.